The number of para-hydroxylation sites is 1. The minimum atomic E-state index is -0.0949. The summed E-state index contributed by atoms with van der Waals surface area (Å²) in [6, 6.07) is 14.9. The number of hydrogen-bond acceptors (Lipinski definition) is 5. The van der Waals surface area contributed by atoms with Crippen LogP contribution in [0, 0.1) is 0 Å². The molecule has 0 spiro atoms. The van der Waals surface area contributed by atoms with Gasteiger partial charge in [-0.15, -0.1) is 0 Å². The van der Waals surface area contributed by atoms with Crippen molar-refractivity contribution < 1.29 is 9.90 Å². The highest BCUT2D eigenvalue weighted by Gasteiger charge is 2.31. The van der Waals surface area contributed by atoms with Crippen molar-refractivity contribution in [2.75, 3.05) is 5.32 Å². The van der Waals surface area contributed by atoms with E-state index in [4.69, 9.17) is 0 Å². The first kappa shape index (κ1) is 15.1. The fraction of sp³-hybridized carbons (Fsp3) is 0.105. The summed E-state index contributed by atoms with van der Waals surface area (Å²) < 4.78 is 2.77. The standard InChI is InChI=1S/C19H14N4O2S/c24-12-7-5-11(6-8-12)13-9-17(25)22-18-14(13)10-20-23(18)19-21-15-3-1-2-4-16(15)26-19/h1-8,10,13,24H,9H2,(H,22,25)/t13-/m0/s1. The van der Waals surface area contributed by atoms with Gasteiger partial charge < -0.3 is 10.4 Å². The van der Waals surface area contributed by atoms with Crippen molar-refractivity contribution in [3.05, 3.63) is 65.9 Å². The van der Waals surface area contributed by atoms with Crippen LogP contribution in [0.25, 0.3) is 15.3 Å². The van der Waals surface area contributed by atoms with Gasteiger partial charge in [-0.3, -0.25) is 4.79 Å². The molecule has 128 valence electrons. The van der Waals surface area contributed by atoms with E-state index in [9.17, 15) is 9.90 Å². The Hall–Kier alpha value is -3.19. The molecule has 7 heteroatoms. The first-order valence-electron chi connectivity index (χ1n) is 8.22. The molecular formula is C19H14N4O2S. The number of hydrogen-bond donors (Lipinski definition) is 2. The van der Waals surface area contributed by atoms with Gasteiger partial charge in [0, 0.05) is 17.9 Å². The van der Waals surface area contributed by atoms with Crippen LogP contribution in [0.3, 0.4) is 0 Å². The van der Waals surface area contributed by atoms with Gasteiger partial charge in [-0.05, 0) is 29.8 Å². The second-order valence-electron chi connectivity index (χ2n) is 6.22. The lowest BCUT2D eigenvalue weighted by Crippen LogP contribution is -2.24. The lowest BCUT2D eigenvalue weighted by Gasteiger charge is -2.23. The zero-order chi connectivity index (χ0) is 17.7. The lowest BCUT2D eigenvalue weighted by molar-refractivity contribution is -0.116. The molecule has 1 atom stereocenters. The number of phenolic OH excluding ortho intramolecular Hbond substituents is 1. The Morgan fingerprint density at radius 3 is 2.77 bits per heavy atom. The molecule has 0 fully saturated rings. The Labute approximate surface area is 152 Å². The van der Waals surface area contributed by atoms with E-state index in [1.54, 1.807) is 23.0 Å². The number of nitrogens with one attached hydrogen (secondary N) is 1. The maximum atomic E-state index is 12.3. The Balaban J connectivity index is 1.63. The van der Waals surface area contributed by atoms with Crippen molar-refractivity contribution in [3.8, 4) is 10.9 Å². The number of benzene rings is 2. The molecule has 26 heavy (non-hydrogen) atoms. The zero-order valence-electron chi connectivity index (χ0n) is 13.6. The predicted molar refractivity (Wildman–Crippen MR) is 99.9 cm³/mol. The molecular weight excluding hydrogens is 348 g/mol. The molecule has 0 unspecified atom stereocenters. The van der Waals surface area contributed by atoms with Gasteiger partial charge in [0.15, 0.2) is 0 Å². The molecule has 4 aromatic rings. The van der Waals surface area contributed by atoms with Crippen LogP contribution in [0.5, 0.6) is 5.75 Å². The minimum absolute atomic E-state index is 0.0570. The predicted octanol–water partition coefficient (Wildman–Crippen LogP) is 3.66. The monoisotopic (exact) mass is 362 g/mol. The van der Waals surface area contributed by atoms with Crippen LogP contribution in [-0.2, 0) is 4.79 Å². The Bertz CT molecular complexity index is 1100. The highest BCUT2D eigenvalue weighted by atomic mass is 32.1. The van der Waals surface area contributed by atoms with Gasteiger partial charge in [0.2, 0.25) is 11.0 Å². The number of phenols is 1. The average Bonchev–Trinajstić information content (AvgIpc) is 3.25. The molecule has 6 nitrogen and oxygen atoms in total. The average molecular weight is 362 g/mol. The number of thiazole rings is 1. The van der Waals surface area contributed by atoms with Gasteiger partial charge in [-0.2, -0.15) is 9.78 Å². The van der Waals surface area contributed by atoms with E-state index in [2.05, 4.69) is 15.4 Å². The molecule has 3 heterocycles. The van der Waals surface area contributed by atoms with Gasteiger partial charge in [0.05, 0.1) is 16.4 Å². The summed E-state index contributed by atoms with van der Waals surface area (Å²) in [6.45, 7) is 0. The molecule has 0 bridgehead atoms. The molecule has 0 aliphatic carbocycles. The van der Waals surface area contributed by atoms with Crippen LogP contribution in [-0.4, -0.2) is 25.8 Å². The van der Waals surface area contributed by atoms with Crippen molar-refractivity contribution in [1.29, 1.82) is 0 Å². The molecule has 5 rings (SSSR count). The first-order valence-corrected chi connectivity index (χ1v) is 9.03. The van der Waals surface area contributed by atoms with Crippen LogP contribution >= 0.6 is 11.3 Å². The summed E-state index contributed by atoms with van der Waals surface area (Å²) in [4.78, 5) is 16.9. The van der Waals surface area contributed by atoms with Crippen molar-refractivity contribution in [1.82, 2.24) is 14.8 Å². The van der Waals surface area contributed by atoms with Gasteiger partial charge in [-0.1, -0.05) is 35.6 Å². The molecule has 1 aliphatic rings. The van der Waals surface area contributed by atoms with Crippen LogP contribution in [0.1, 0.15) is 23.5 Å². The number of anilines is 1. The number of nitrogens with zero attached hydrogens (tertiary/aromatic N) is 3. The lowest BCUT2D eigenvalue weighted by atomic mass is 9.87. The van der Waals surface area contributed by atoms with E-state index in [0.717, 1.165) is 26.5 Å². The smallest absolute Gasteiger partial charge is 0.226 e. The summed E-state index contributed by atoms with van der Waals surface area (Å²) in [5, 5.41) is 17.7. The van der Waals surface area contributed by atoms with Gasteiger partial charge in [-0.25, -0.2) is 4.98 Å². The summed E-state index contributed by atoms with van der Waals surface area (Å²) in [7, 11) is 0. The molecule has 0 saturated carbocycles. The minimum Gasteiger partial charge on any atom is -0.508 e. The van der Waals surface area contributed by atoms with Gasteiger partial charge in [0.1, 0.15) is 11.6 Å². The maximum Gasteiger partial charge on any atom is 0.226 e. The largest absolute Gasteiger partial charge is 0.508 e. The number of amides is 1. The normalized spacial score (nSPS) is 16.5. The third-order valence-corrected chi connectivity index (χ3v) is 5.59. The van der Waals surface area contributed by atoms with Crippen LogP contribution in [0.4, 0.5) is 5.82 Å². The number of carbonyl (C=O) groups excluding carboxylic acids is 1. The van der Waals surface area contributed by atoms with E-state index < -0.39 is 0 Å². The summed E-state index contributed by atoms with van der Waals surface area (Å²) in [6.07, 6.45) is 2.14. The van der Waals surface area contributed by atoms with Crippen molar-refractivity contribution in [2.24, 2.45) is 0 Å². The molecule has 2 aromatic carbocycles. The molecule has 1 aliphatic heterocycles. The van der Waals surface area contributed by atoms with E-state index >= 15 is 0 Å². The third kappa shape index (κ3) is 2.36. The van der Waals surface area contributed by atoms with Crippen LogP contribution in [0.2, 0.25) is 0 Å². The highest BCUT2D eigenvalue weighted by molar-refractivity contribution is 7.20. The fourth-order valence-electron chi connectivity index (χ4n) is 3.32. The second-order valence-corrected chi connectivity index (χ2v) is 7.23. The van der Waals surface area contributed by atoms with Crippen LogP contribution in [0.15, 0.2) is 54.7 Å². The molecule has 2 N–H and O–H groups in total. The molecule has 0 radical (unpaired) electrons. The van der Waals surface area contributed by atoms with Crippen molar-refractivity contribution in [3.63, 3.8) is 0 Å². The Morgan fingerprint density at radius 1 is 1.15 bits per heavy atom. The van der Waals surface area contributed by atoms with Crippen molar-refractivity contribution >= 4 is 33.3 Å². The van der Waals surface area contributed by atoms with Gasteiger partial charge in [0.25, 0.3) is 0 Å². The molecule has 0 saturated heterocycles. The van der Waals surface area contributed by atoms with E-state index in [1.165, 1.54) is 11.3 Å². The van der Waals surface area contributed by atoms with Gasteiger partial charge >= 0.3 is 0 Å². The number of carbonyl (C=O) groups is 1. The van der Waals surface area contributed by atoms with Crippen LogP contribution < -0.4 is 5.32 Å². The van der Waals surface area contributed by atoms with E-state index in [0.29, 0.717) is 12.2 Å². The number of fused-ring (bicyclic) bond motifs is 2. The summed E-state index contributed by atoms with van der Waals surface area (Å²) >= 11 is 1.53. The van der Waals surface area contributed by atoms with E-state index in [1.807, 2.05) is 36.4 Å². The second kappa shape index (κ2) is 5.67. The SMILES string of the molecule is O=C1C[C@@H](c2ccc(O)cc2)c2cnn(-c3nc4ccccc4s3)c2N1. The molecule has 1 amide bonds. The summed E-state index contributed by atoms with van der Waals surface area (Å²) in [5.41, 5.74) is 2.84. The highest BCUT2D eigenvalue weighted by Crippen LogP contribution is 2.39. The number of aromatic nitrogens is 3. The fourth-order valence-corrected chi connectivity index (χ4v) is 4.25. The number of aromatic hydroxyl groups is 1. The van der Waals surface area contributed by atoms with Crippen molar-refractivity contribution in [2.45, 2.75) is 12.3 Å². The van der Waals surface area contributed by atoms with E-state index in [-0.39, 0.29) is 17.6 Å². The summed E-state index contributed by atoms with van der Waals surface area (Å²) in [5.74, 6) is 0.721. The zero-order valence-corrected chi connectivity index (χ0v) is 14.4. The molecule has 2 aromatic heterocycles. The topological polar surface area (TPSA) is 80.0 Å². The Kier molecular flexibility index (Phi) is 3.29. The Morgan fingerprint density at radius 2 is 1.96 bits per heavy atom. The third-order valence-electron chi connectivity index (χ3n) is 4.58. The quantitative estimate of drug-likeness (QED) is 0.570. The maximum absolute atomic E-state index is 12.3. The number of rotatable bonds is 2. The first-order chi connectivity index (χ1) is 12.7.